The smallest absolute Gasteiger partial charge is 0.351 e. The maximum atomic E-state index is 11.3. The normalized spacial score (nSPS) is 10.1. The molecule has 2 aromatic heterocycles. The number of carbonyl (C=O) groups excluding carboxylic acids is 1. The largest absolute Gasteiger partial charge is 0.465 e. The summed E-state index contributed by atoms with van der Waals surface area (Å²) >= 11 is 7.00. The van der Waals surface area contributed by atoms with E-state index in [4.69, 9.17) is 11.6 Å². The predicted octanol–water partition coefficient (Wildman–Crippen LogP) is 2.65. The molecule has 0 N–H and O–H groups in total. The summed E-state index contributed by atoms with van der Waals surface area (Å²) in [7, 11) is 1.30. The number of thiazole rings is 1. The van der Waals surface area contributed by atoms with Gasteiger partial charge in [-0.2, -0.15) is 0 Å². The van der Waals surface area contributed by atoms with Gasteiger partial charge in [0.1, 0.15) is 5.01 Å². The Morgan fingerprint density at radius 3 is 2.94 bits per heavy atom. The fraction of sp³-hybridized carbons (Fsp3) is 0.100. The minimum Gasteiger partial charge on any atom is -0.465 e. The molecular weight excluding hydrogens is 248 g/mol. The highest BCUT2D eigenvalue weighted by molar-refractivity contribution is 7.17. The second kappa shape index (κ2) is 4.59. The number of aromatic nitrogens is 2. The number of hydrogen-bond acceptors (Lipinski definition) is 5. The van der Waals surface area contributed by atoms with Crippen molar-refractivity contribution in [2.45, 2.75) is 0 Å². The highest BCUT2D eigenvalue weighted by Gasteiger charge is 2.18. The molecule has 6 heteroatoms. The molecule has 16 heavy (non-hydrogen) atoms. The van der Waals surface area contributed by atoms with E-state index in [2.05, 4.69) is 14.7 Å². The van der Waals surface area contributed by atoms with Gasteiger partial charge in [0, 0.05) is 6.20 Å². The fourth-order valence-electron chi connectivity index (χ4n) is 1.12. The van der Waals surface area contributed by atoms with Crippen LogP contribution in [-0.4, -0.2) is 23.0 Å². The zero-order valence-electron chi connectivity index (χ0n) is 8.31. The lowest BCUT2D eigenvalue weighted by Gasteiger charge is -1.93. The molecule has 0 fully saturated rings. The number of pyridine rings is 1. The lowest BCUT2D eigenvalue weighted by atomic mass is 10.4. The Morgan fingerprint density at radius 2 is 2.31 bits per heavy atom. The predicted molar refractivity (Wildman–Crippen MR) is 61.7 cm³/mol. The van der Waals surface area contributed by atoms with E-state index in [1.807, 2.05) is 6.07 Å². The first-order valence-electron chi connectivity index (χ1n) is 4.38. The standard InChI is InChI=1S/C10H7ClN2O2S/c1-15-10(14)7-8(11)13-9(16-7)6-4-2-3-5-12-6/h2-5H,1H3. The third-order valence-electron chi connectivity index (χ3n) is 1.84. The number of ether oxygens (including phenoxy) is 1. The van der Waals surface area contributed by atoms with Gasteiger partial charge in [0.05, 0.1) is 12.8 Å². The van der Waals surface area contributed by atoms with Crippen molar-refractivity contribution in [3.63, 3.8) is 0 Å². The van der Waals surface area contributed by atoms with Crippen LogP contribution in [0.15, 0.2) is 24.4 Å². The minimum absolute atomic E-state index is 0.150. The molecule has 2 aromatic rings. The van der Waals surface area contributed by atoms with E-state index >= 15 is 0 Å². The molecule has 0 unspecified atom stereocenters. The first-order chi connectivity index (χ1) is 7.72. The third-order valence-corrected chi connectivity index (χ3v) is 3.28. The molecule has 0 atom stereocenters. The van der Waals surface area contributed by atoms with Crippen molar-refractivity contribution in [3.05, 3.63) is 34.4 Å². The Bertz CT molecular complexity index is 513. The zero-order chi connectivity index (χ0) is 11.5. The molecule has 2 heterocycles. The first kappa shape index (κ1) is 11.0. The van der Waals surface area contributed by atoms with Crippen LogP contribution < -0.4 is 0 Å². The maximum absolute atomic E-state index is 11.3. The summed E-state index contributed by atoms with van der Waals surface area (Å²) in [6.07, 6.45) is 1.66. The SMILES string of the molecule is COC(=O)c1sc(-c2ccccn2)nc1Cl. The number of nitrogens with zero attached hydrogens (tertiary/aromatic N) is 2. The van der Waals surface area contributed by atoms with E-state index in [1.165, 1.54) is 18.4 Å². The third kappa shape index (κ3) is 2.05. The second-order valence-corrected chi connectivity index (χ2v) is 4.20. The van der Waals surface area contributed by atoms with E-state index in [0.29, 0.717) is 15.6 Å². The van der Waals surface area contributed by atoms with Gasteiger partial charge in [-0.1, -0.05) is 17.7 Å². The van der Waals surface area contributed by atoms with Crippen molar-refractivity contribution in [2.24, 2.45) is 0 Å². The molecule has 0 aliphatic heterocycles. The second-order valence-electron chi connectivity index (χ2n) is 2.85. The summed E-state index contributed by atoms with van der Waals surface area (Å²) in [5, 5.41) is 0.753. The summed E-state index contributed by atoms with van der Waals surface area (Å²) in [6, 6.07) is 5.45. The zero-order valence-corrected chi connectivity index (χ0v) is 9.88. The molecule has 0 bridgehead atoms. The summed E-state index contributed by atoms with van der Waals surface area (Å²) in [5.74, 6) is -0.482. The Labute approximate surface area is 101 Å². The van der Waals surface area contributed by atoms with Gasteiger partial charge in [-0.25, -0.2) is 9.78 Å². The monoisotopic (exact) mass is 254 g/mol. The van der Waals surface area contributed by atoms with Crippen LogP contribution >= 0.6 is 22.9 Å². The summed E-state index contributed by atoms with van der Waals surface area (Å²) in [5.41, 5.74) is 0.685. The van der Waals surface area contributed by atoms with Crippen LogP contribution in [0.25, 0.3) is 10.7 Å². The molecule has 82 valence electrons. The van der Waals surface area contributed by atoms with Crippen LogP contribution in [0.4, 0.5) is 0 Å². The van der Waals surface area contributed by atoms with E-state index in [9.17, 15) is 4.79 Å². The van der Waals surface area contributed by atoms with Gasteiger partial charge in [0.15, 0.2) is 10.0 Å². The summed E-state index contributed by atoms with van der Waals surface area (Å²) in [6.45, 7) is 0. The van der Waals surface area contributed by atoms with Gasteiger partial charge < -0.3 is 4.74 Å². The molecule has 0 radical (unpaired) electrons. The van der Waals surface area contributed by atoms with Gasteiger partial charge in [-0.15, -0.1) is 11.3 Å². The molecule has 0 aliphatic carbocycles. The number of carbonyl (C=O) groups is 1. The van der Waals surface area contributed by atoms with Crippen molar-refractivity contribution in [1.82, 2.24) is 9.97 Å². The topological polar surface area (TPSA) is 52.1 Å². The molecule has 2 rings (SSSR count). The van der Waals surface area contributed by atoms with E-state index in [0.717, 1.165) is 0 Å². The van der Waals surface area contributed by atoms with Crippen LogP contribution in [0.5, 0.6) is 0 Å². The lowest BCUT2D eigenvalue weighted by Crippen LogP contribution is -1.98. The Morgan fingerprint density at radius 1 is 1.50 bits per heavy atom. The Hall–Kier alpha value is -1.46. The van der Waals surface area contributed by atoms with E-state index < -0.39 is 5.97 Å². The molecule has 4 nitrogen and oxygen atoms in total. The number of esters is 1. The highest BCUT2D eigenvalue weighted by atomic mass is 35.5. The molecule has 0 saturated heterocycles. The summed E-state index contributed by atoms with van der Waals surface area (Å²) < 4.78 is 4.59. The van der Waals surface area contributed by atoms with Crippen molar-refractivity contribution in [3.8, 4) is 10.7 Å². The Balaban J connectivity index is 2.42. The van der Waals surface area contributed by atoms with Crippen LogP contribution in [0.1, 0.15) is 9.67 Å². The number of hydrogen-bond donors (Lipinski definition) is 0. The van der Waals surface area contributed by atoms with Gasteiger partial charge in [-0.05, 0) is 12.1 Å². The van der Waals surface area contributed by atoms with Gasteiger partial charge in [0.2, 0.25) is 0 Å². The van der Waals surface area contributed by atoms with Crippen molar-refractivity contribution in [2.75, 3.05) is 7.11 Å². The molecule has 0 aliphatic rings. The molecule has 0 aromatic carbocycles. The van der Waals surface area contributed by atoms with Crippen molar-refractivity contribution in [1.29, 1.82) is 0 Å². The number of methoxy groups -OCH3 is 1. The minimum atomic E-state index is -0.482. The lowest BCUT2D eigenvalue weighted by molar-refractivity contribution is 0.0606. The molecular formula is C10H7ClN2O2S. The van der Waals surface area contributed by atoms with Gasteiger partial charge in [0.25, 0.3) is 0 Å². The number of halogens is 1. The molecule has 0 amide bonds. The molecule has 0 spiro atoms. The van der Waals surface area contributed by atoms with Crippen molar-refractivity contribution >= 4 is 28.9 Å². The van der Waals surface area contributed by atoms with E-state index in [-0.39, 0.29) is 5.15 Å². The van der Waals surface area contributed by atoms with Crippen LogP contribution in [-0.2, 0) is 4.74 Å². The first-order valence-corrected chi connectivity index (χ1v) is 5.58. The maximum Gasteiger partial charge on any atom is 0.351 e. The number of rotatable bonds is 2. The highest BCUT2D eigenvalue weighted by Crippen LogP contribution is 2.29. The van der Waals surface area contributed by atoms with Gasteiger partial charge >= 0.3 is 5.97 Å². The average molecular weight is 255 g/mol. The average Bonchev–Trinajstić information content (AvgIpc) is 2.71. The van der Waals surface area contributed by atoms with Gasteiger partial charge in [-0.3, -0.25) is 4.98 Å². The summed E-state index contributed by atoms with van der Waals surface area (Å²) in [4.78, 5) is 19.8. The van der Waals surface area contributed by atoms with Crippen LogP contribution in [0.3, 0.4) is 0 Å². The van der Waals surface area contributed by atoms with E-state index in [1.54, 1.807) is 18.3 Å². The quantitative estimate of drug-likeness (QED) is 0.773. The molecule has 0 saturated carbocycles. The van der Waals surface area contributed by atoms with Crippen molar-refractivity contribution < 1.29 is 9.53 Å². The van der Waals surface area contributed by atoms with Crippen LogP contribution in [0, 0.1) is 0 Å². The van der Waals surface area contributed by atoms with Crippen LogP contribution in [0.2, 0.25) is 5.15 Å². The Kier molecular flexibility index (Phi) is 3.17. The fourth-order valence-corrected chi connectivity index (χ4v) is 2.30.